The van der Waals surface area contributed by atoms with Crippen LogP contribution in [0.15, 0.2) is 0 Å². The lowest BCUT2D eigenvalue weighted by atomic mass is 10.3. The summed E-state index contributed by atoms with van der Waals surface area (Å²) < 4.78 is 0. The van der Waals surface area contributed by atoms with Crippen LogP contribution in [-0.4, -0.2) is 10.3 Å². The molecule has 0 aliphatic carbocycles. The Morgan fingerprint density at radius 2 is 1.36 bits per heavy atom. The summed E-state index contributed by atoms with van der Waals surface area (Å²) in [5, 5.41) is 0.712. The summed E-state index contributed by atoms with van der Waals surface area (Å²) in [5.41, 5.74) is 0. The first kappa shape index (κ1) is 12.2. The summed E-state index contributed by atoms with van der Waals surface area (Å²) in [7, 11) is 0.897. The molecule has 3 heteroatoms. The van der Waals surface area contributed by atoms with E-state index < -0.39 is 0 Å². The van der Waals surface area contributed by atoms with Crippen molar-refractivity contribution in [1.82, 2.24) is 0 Å². The van der Waals surface area contributed by atoms with Crippen molar-refractivity contribution in [2.24, 2.45) is 0 Å². The minimum Gasteiger partial charge on any atom is -0.0910 e. The zero-order valence-electron chi connectivity index (χ0n) is 8.33. The van der Waals surface area contributed by atoms with E-state index in [0.29, 0.717) is 10.3 Å². The first-order valence-corrected chi connectivity index (χ1v) is 7.95. The van der Waals surface area contributed by atoms with Crippen LogP contribution in [-0.2, 0) is 0 Å². The van der Waals surface area contributed by atoms with Crippen LogP contribution in [0.3, 0.4) is 0 Å². The van der Waals surface area contributed by atoms with Gasteiger partial charge < -0.3 is 0 Å². The van der Waals surface area contributed by atoms with Crippen molar-refractivity contribution in [3.63, 3.8) is 0 Å². The van der Waals surface area contributed by atoms with Crippen LogP contribution in [0.1, 0.15) is 41.5 Å². The van der Waals surface area contributed by atoms with Crippen LogP contribution in [0.4, 0.5) is 0 Å². The van der Waals surface area contributed by atoms with Gasteiger partial charge in [-0.15, -0.1) is 0 Å². The van der Waals surface area contributed by atoms with Gasteiger partial charge in [0.25, 0.3) is 0 Å². The molecule has 0 aromatic rings. The third-order valence-electron chi connectivity index (χ3n) is 1.02. The molecule has 0 saturated heterocycles. The van der Waals surface area contributed by atoms with Gasteiger partial charge in [-0.2, -0.15) is 0 Å². The van der Waals surface area contributed by atoms with Gasteiger partial charge in [0.15, 0.2) is 0 Å². The van der Waals surface area contributed by atoms with Crippen molar-refractivity contribution < 1.29 is 0 Å². The third kappa shape index (κ3) is 6.32. The second kappa shape index (κ2) is 3.91. The highest BCUT2D eigenvalue weighted by atomic mass is 35.7. The molecule has 2 atom stereocenters. The van der Waals surface area contributed by atoms with E-state index in [9.17, 15) is 0 Å². The Hall–Kier alpha value is 1.15. The van der Waals surface area contributed by atoms with Crippen LogP contribution in [0.25, 0.3) is 0 Å². The lowest BCUT2D eigenvalue weighted by molar-refractivity contribution is 0.786. The van der Waals surface area contributed by atoms with Crippen LogP contribution in [0, 0.1) is 0 Å². The predicted octanol–water partition coefficient (Wildman–Crippen LogP) is 4.81. The summed E-state index contributed by atoms with van der Waals surface area (Å²) in [4.78, 5) is 0. The first-order chi connectivity index (χ1) is 4.63. The molecule has 0 amide bonds. The normalized spacial score (nSPS) is 17.7. The van der Waals surface area contributed by atoms with Gasteiger partial charge in [0.05, 0.1) is 0 Å². The largest absolute Gasteiger partial charge is 0.0910 e. The van der Waals surface area contributed by atoms with E-state index >= 15 is 0 Å². The molecule has 0 aromatic carbocycles. The maximum absolute atomic E-state index is 6.32. The molecule has 0 N–H and O–H groups in total. The monoisotopic (exact) mass is 212 g/mol. The Morgan fingerprint density at radius 1 is 1.00 bits per heavy atom. The molecule has 0 radical (unpaired) electrons. The van der Waals surface area contributed by atoms with E-state index in [4.69, 9.17) is 11.2 Å². The lowest BCUT2D eigenvalue weighted by Crippen LogP contribution is -2.10. The molecule has 68 valence electrons. The summed E-state index contributed by atoms with van der Waals surface area (Å²) in [6.07, 6.45) is 0. The van der Waals surface area contributed by atoms with Gasteiger partial charge in [0.1, 0.15) is 0 Å². The summed E-state index contributed by atoms with van der Waals surface area (Å²) in [5.74, 6) is 0. The molecule has 0 fully saturated rings. The Morgan fingerprint density at radius 3 is 1.45 bits per heavy atom. The number of rotatable bonds is 1. The van der Waals surface area contributed by atoms with Crippen molar-refractivity contribution in [2.75, 3.05) is 0 Å². The molecule has 11 heavy (non-hydrogen) atoms. The summed E-state index contributed by atoms with van der Waals surface area (Å²) in [6, 6.07) is 0. The van der Waals surface area contributed by atoms with Crippen LogP contribution >= 0.6 is 26.5 Å². The Balaban J connectivity index is 3.99. The molecule has 0 aliphatic rings. The average Bonchev–Trinajstić information content (AvgIpc) is 1.56. The van der Waals surface area contributed by atoms with E-state index in [-0.39, 0.29) is 6.96 Å². The number of halogens is 1. The maximum atomic E-state index is 6.32. The fraction of sp³-hybridized carbons (Fsp3) is 1.00. The molecule has 0 bridgehead atoms. The molecule has 0 rings (SSSR count). The van der Waals surface area contributed by atoms with E-state index in [1.54, 1.807) is 0 Å². The molecule has 0 nitrogen and oxygen atoms in total. The topological polar surface area (TPSA) is 0 Å². The van der Waals surface area contributed by atoms with Crippen molar-refractivity contribution in [1.29, 1.82) is 0 Å². The van der Waals surface area contributed by atoms with Crippen molar-refractivity contribution in [3.8, 4) is 0 Å². The van der Waals surface area contributed by atoms with E-state index in [1.807, 2.05) is 0 Å². The van der Waals surface area contributed by atoms with Crippen LogP contribution in [0.2, 0.25) is 0 Å². The van der Waals surface area contributed by atoms with Gasteiger partial charge in [-0.05, 0) is 10.3 Å². The standard InChI is InChI=1S/C8H19ClP2/c1-7(2,3)10-11(9)8(4,5)6/h10H,1-6H3. The highest BCUT2D eigenvalue weighted by Gasteiger charge is 2.26. The van der Waals surface area contributed by atoms with Gasteiger partial charge >= 0.3 is 0 Å². The SMILES string of the molecule is CC(C)(C)PP(Cl)C(C)(C)C. The number of hydrogen-bond acceptors (Lipinski definition) is 0. The Kier molecular flexibility index (Phi) is 4.31. The number of hydrogen-bond donors (Lipinski definition) is 0. The first-order valence-electron chi connectivity index (χ1n) is 3.87. The van der Waals surface area contributed by atoms with Crippen molar-refractivity contribution >= 4 is 26.5 Å². The van der Waals surface area contributed by atoms with Gasteiger partial charge in [-0.25, -0.2) is 0 Å². The smallest absolute Gasteiger partial charge is 0.0177 e. The van der Waals surface area contributed by atoms with Crippen molar-refractivity contribution in [2.45, 2.75) is 51.9 Å². The van der Waals surface area contributed by atoms with E-state index in [0.717, 1.165) is 8.27 Å². The fourth-order valence-corrected chi connectivity index (χ4v) is 6.44. The second-order valence-corrected chi connectivity index (χ2v) is 12.3. The minimum absolute atomic E-state index is 0.308. The Bertz CT molecular complexity index is 121. The predicted molar refractivity (Wildman–Crippen MR) is 60.6 cm³/mol. The van der Waals surface area contributed by atoms with Gasteiger partial charge in [0.2, 0.25) is 0 Å². The quantitative estimate of drug-likeness (QED) is 0.547. The molecule has 0 saturated carbocycles. The molecule has 0 spiro atoms. The van der Waals surface area contributed by atoms with Crippen LogP contribution < -0.4 is 0 Å². The van der Waals surface area contributed by atoms with E-state index in [1.165, 1.54) is 0 Å². The molecule has 0 aliphatic heterocycles. The third-order valence-corrected chi connectivity index (χ3v) is 9.96. The minimum atomic E-state index is -0.310. The molecule has 0 heterocycles. The molecule has 0 aromatic heterocycles. The zero-order valence-corrected chi connectivity index (χ0v) is 11.0. The second-order valence-electron chi connectivity index (χ2n) is 4.81. The lowest BCUT2D eigenvalue weighted by Gasteiger charge is -2.30. The van der Waals surface area contributed by atoms with Gasteiger partial charge in [-0.1, -0.05) is 61.1 Å². The van der Waals surface area contributed by atoms with E-state index in [2.05, 4.69) is 41.5 Å². The molecular weight excluding hydrogens is 193 g/mol. The summed E-state index contributed by atoms with van der Waals surface area (Å²) >= 11 is 6.32. The van der Waals surface area contributed by atoms with Crippen molar-refractivity contribution in [3.05, 3.63) is 0 Å². The highest BCUT2D eigenvalue weighted by Crippen LogP contribution is 2.72. The van der Waals surface area contributed by atoms with Crippen LogP contribution in [0.5, 0.6) is 0 Å². The highest BCUT2D eigenvalue weighted by molar-refractivity contribution is 8.34. The molecule has 2 unspecified atom stereocenters. The maximum Gasteiger partial charge on any atom is 0.0177 e. The summed E-state index contributed by atoms with van der Waals surface area (Å²) in [6.45, 7) is 13.1. The Labute approximate surface area is 78.7 Å². The molecular formula is C8H19ClP2. The zero-order chi connectivity index (χ0) is 9.28. The van der Waals surface area contributed by atoms with Gasteiger partial charge in [0, 0.05) is 6.96 Å². The van der Waals surface area contributed by atoms with Gasteiger partial charge in [-0.3, -0.25) is 0 Å². The fourth-order valence-electron chi connectivity index (χ4n) is 0.462. The average molecular weight is 213 g/mol.